The number of nitrogens with two attached hydrogens (primary N) is 1. The van der Waals surface area contributed by atoms with Crippen molar-refractivity contribution in [2.75, 3.05) is 11.1 Å². The molecule has 0 fully saturated rings. The minimum atomic E-state index is -5.02. The molecule has 3 N–H and O–H groups in total. The van der Waals surface area contributed by atoms with Crippen LogP contribution in [-0.2, 0) is 5.92 Å². The Morgan fingerprint density at radius 1 is 1.12 bits per heavy atom. The highest BCUT2D eigenvalue weighted by atomic mass is 19.4. The van der Waals surface area contributed by atoms with Crippen molar-refractivity contribution in [2.24, 2.45) is 0 Å². The first-order valence-corrected chi connectivity index (χ1v) is 6.65. The van der Waals surface area contributed by atoms with Gasteiger partial charge < -0.3 is 11.1 Å². The minimum absolute atomic E-state index is 0.0591. The van der Waals surface area contributed by atoms with Gasteiger partial charge in [-0.1, -0.05) is 12.1 Å². The van der Waals surface area contributed by atoms with E-state index in [1.165, 1.54) is 24.4 Å². The molecular formula is C15H12F5N3O. The molecule has 9 heteroatoms. The van der Waals surface area contributed by atoms with Crippen molar-refractivity contribution in [3.05, 3.63) is 53.7 Å². The van der Waals surface area contributed by atoms with E-state index in [1.807, 2.05) is 0 Å². The second-order valence-corrected chi connectivity index (χ2v) is 5.00. The Morgan fingerprint density at radius 2 is 1.83 bits per heavy atom. The zero-order chi connectivity index (χ0) is 18.0. The second-order valence-electron chi connectivity index (χ2n) is 5.00. The summed E-state index contributed by atoms with van der Waals surface area (Å²) in [6, 6.07) is 6.84. The first-order valence-electron chi connectivity index (χ1n) is 6.65. The van der Waals surface area contributed by atoms with Crippen LogP contribution in [0.4, 0.5) is 33.5 Å². The Kier molecular flexibility index (Phi) is 4.72. The van der Waals surface area contributed by atoms with Crippen LogP contribution in [-0.4, -0.2) is 17.1 Å². The summed E-state index contributed by atoms with van der Waals surface area (Å²) in [6.07, 6.45) is -6.11. The summed E-state index contributed by atoms with van der Waals surface area (Å²) in [5.41, 5.74) is 4.60. The molecule has 0 saturated heterocycles. The van der Waals surface area contributed by atoms with Crippen LogP contribution in [0.25, 0.3) is 0 Å². The summed E-state index contributed by atoms with van der Waals surface area (Å²) < 4.78 is 64.1. The van der Waals surface area contributed by atoms with Crippen LogP contribution in [0.1, 0.15) is 22.3 Å². The number of nitrogen functional groups attached to an aromatic ring is 1. The SMILES string of the molecule is Nc1ccc(C(=O)Nc2cccc(C(F)(F)CC(F)(F)F)c2)cn1. The fourth-order valence-corrected chi connectivity index (χ4v) is 1.92. The predicted octanol–water partition coefficient (Wildman–Crippen LogP) is 3.96. The maximum atomic E-state index is 13.7. The van der Waals surface area contributed by atoms with Crippen molar-refractivity contribution in [3.8, 4) is 0 Å². The number of benzene rings is 1. The highest BCUT2D eigenvalue weighted by molar-refractivity contribution is 6.04. The highest BCUT2D eigenvalue weighted by Gasteiger charge is 2.44. The Bertz CT molecular complexity index is 729. The molecule has 1 heterocycles. The molecule has 0 radical (unpaired) electrons. The van der Waals surface area contributed by atoms with Gasteiger partial charge in [0.1, 0.15) is 12.2 Å². The number of carbonyl (C=O) groups is 1. The van der Waals surface area contributed by atoms with Gasteiger partial charge in [0.25, 0.3) is 11.8 Å². The average molecular weight is 345 g/mol. The summed E-state index contributed by atoms with van der Waals surface area (Å²) in [5, 5.41) is 2.32. The number of hydrogen-bond acceptors (Lipinski definition) is 3. The van der Waals surface area contributed by atoms with Crippen LogP contribution < -0.4 is 11.1 Å². The lowest BCUT2D eigenvalue weighted by Crippen LogP contribution is -2.24. The number of nitrogens with zero attached hydrogens (tertiary/aromatic N) is 1. The smallest absolute Gasteiger partial charge is 0.384 e. The first-order chi connectivity index (χ1) is 11.1. The van der Waals surface area contributed by atoms with E-state index in [-0.39, 0.29) is 17.1 Å². The summed E-state index contributed by atoms with van der Waals surface area (Å²) in [7, 11) is 0. The zero-order valence-corrected chi connectivity index (χ0v) is 12.1. The summed E-state index contributed by atoms with van der Waals surface area (Å²) >= 11 is 0. The first kappa shape index (κ1) is 17.6. The standard InChI is InChI=1S/C15H12F5N3O/c16-14(17,8-15(18,19)20)10-2-1-3-11(6-10)23-13(24)9-4-5-12(21)22-7-9/h1-7H,8H2,(H2,21,22)(H,23,24). The molecule has 0 bridgehead atoms. The number of amides is 1. The molecule has 0 spiro atoms. The van der Waals surface area contributed by atoms with E-state index < -0.39 is 30.0 Å². The molecular weight excluding hydrogens is 333 g/mol. The normalized spacial score (nSPS) is 12.0. The molecule has 2 rings (SSSR count). The lowest BCUT2D eigenvalue weighted by molar-refractivity contribution is -0.190. The number of halogens is 5. The maximum absolute atomic E-state index is 13.7. The van der Waals surface area contributed by atoms with Gasteiger partial charge in [-0.3, -0.25) is 4.79 Å². The number of nitrogens with one attached hydrogen (secondary N) is 1. The maximum Gasteiger partial charge on any atom is 0.395 e. The molecule has 1 aromatic carbocycles. The third-order valence-electron chi connectivity index (χ3n) is 3.01. The molecule has 0 aliphatic rings. The fourth-order valence-electron chi connectivity index (χ4n) is 1.92. The van der Waals surface area contributed by atoms with Gasteiger partial charge in [0.05, 0.1) is 5.56 Å². The van der Waals surface area contributed by atoms with Crippen molar-refractivity contribution in [1.82, 2.24) is 4.98 Å². The fraction of sp³-hybridized carbons (Fsp3) is 0.200. The Hall–Kier alpha value is -2.71. The van der Waals surface area contributed by atoms with Crippen molar-refractivity contribution >= 4 is 17.4 Å². The largest absolute Gasteiger partial charge is 0.395 e. The van der Waals surface area contributed by atoms with Crippen molar-refractivity contribution in [1.29, 1.82) is 0 Å². The Morgan fingerprint density at radius 3 is 2.42 bits per heavy atom. The molecule has 1 aromatic heterocycles. The Labute approximate surface area is 133 Å². The number of pyridine rings is 1. The molecule has 0 atom stereocenters. The number of hydrogen-bond donors (Lipinski definition) is 2. The monoisotopic (exact) mass is 345 g/mol. The van der Waals surface area contributed by atoms with Crippen LogP contribution in [0.5, 0.6) is 0 Å². The van der Waals surface area contributed by atoms with Gasteiger partial charge in [0, 0.05) is 17.4 Å². The predicted molar refractivity (Wildman–Crippen MR) is 77.6 cm³/mol. The topological polar surface area (TPSA) is 68.0 Å². The highest BCUT2D eigenvalue weighted by Crippen LogP contribution is 2.39. The van der Waals surface area contributed by atoms with Gasteiger partial charge in [0.2, 0.25) is 0 Å². The number of rotatable bonds is 4. The number of aromatic nitrogens is 1. The van der Waals surface area contributed by atoms with E-state index in [9.17, 15) is 26.7 Å². The van der Waals surface area contributed by atoms with E-state index in [4.69, 9.17) is 5.73 Å². The van der Waals surface area contributed by atoms with Crippen molar-refractivity contribution in [3.63, 3.8) is 0 Å². The van der Waals surface area contributed by atoms with Crippen LogP contribution in [0, 0.1) is 0 Å². The molecule has 0 unspecified atom stereocenters. The molecule has 2 aromatic rings. The lowest BCUT2D eigenvalue weighted by atomic mass is 10.0. The zero-order valence-electron chi connectivity index (χ0n) is 12.1. The van der Waals surface area contributed by atoms with E-state index in [0.29, 0.717) is 0 Å². The number of anilines is 2. The summed E-state index contributed by atoms with van der Waals surface area (Å²) in [5.74, 6) is -4.55. The van der Waals surface area contributed by atoms with Gasteiger partial charge in [-0.25, -0.2) is 13.8 Å². The third-order valence-corrected chi connectivity index (χ3v) is 3.01. The van der Waals surface area contributed by atoms with Crippen LogP contribution in [0.15, 0.2) is 42.6 Å². The second kappa shape index (κ2) is 6.42. The van der Waals surface area contributed by atoms with E-state index >= 15 is 0 Å². The molecule has 0 aliphatic heterocycles. The van der Waals surface area contributed by atoms with Crippen LogP contribution in [0.2, 0.25) is 0 Å². The molecule has 1 amide bonds. The third kappa shape index (κ3) is 4.64. The van der Waals surface area contributed by atoms with Gasteiger partial charge in [0.15, 0.2) is 0 Å². The average Bonchev–Trinajstić information content (AvgIpc) is 2.45. The van der Waals surface area contributed by atoms with Gasteiger partial charge in [-0.2, -0.15) is 13.2 Å². The van der Waals surface area contributed by atoms with Crippen molar-refractivity contribution in [2.45, 2.75) is 18.5 Å². The lowest BCUT2D eigenvalue weighted by Gasteiger charge is -2.19. The molecule has 0 saturated carbocycles. The minimum Gasteiger partial charge on any atom is -0.384 e. The Balaban J connectivity index is 2.18. The summed E-state index contributed by atoms with van der Waals surface area (Å²) in [4.78, 5) is 15.7. The quantitative estimate of drug-likeness (QED) is 0.824. The van der Waals surface area contributed by atoms with E-state index in [0.717, 1.165) is 18.2 Å². The summed E-state index contributed by atoms with van der Waals surface area (Å²) in [6.45, 7) is 0. The van der Waals surface area contributed by atoms with E-state index in [2.05, 4.69) is 10.3 Å². The molecule has 128 valence electrons. The van der Waals surface area contributed by atoms with Crippen LogP contribution >= 0.6 is 0 Å². The van der Waals surface area contributed by atoms with Gasteiger partial charge in [-0.05, 0) is 24.3 Å². The van der Waals surface area contributed by atoms with Crippen molar-refractivity contribution < 1.29 is 26.7 Å². The number of alkyl halides is 5. The molecule has 24 heavy (non-hydrogen) atoms. The number of carbonyl (C=O) groups excluding carboxylic acids is 1. The van der Waals surface area contributed by atoms with Gasteiger partial charge in [-0.15, -0.1) is 0 Å². The van der Waals surface area contributed by atoms with E-state index in [1.54, 1.807) is 0 Å². The molecule has 4 nitrogen and oxygen atoms in total. The van der Waals surface area contributed by atoms with Gasteiger partial charge >= 0.3 is 6.18 Å². The van der Waals surface area contributed by atoms with Crippen LogP contribution in [0.3, 0.4) is 0 Å². The molecule has 0 aliphatic carbocycles.